The van der Waals surface area contributed by atoms with E-state index >= 15 is 0 Å². The molecule has 0 saturated heterocycles. The SMILES string of the molecule is CNc1nc(Oc2cncc(Cl)c2)nc(-n2cccn2)n1. The van der Waals surface area contributed by atoms with Crippen LogP contribution >= 0.6 is 11.6 Å². The Hall–Kier alpha value is -2.74. The Morgan fingerprint density at radius 3 is 2.86 bits per heavy atom. The molecule has 1 N–H and O–H groups in total. The van der Waals surface area contributed by atoms with Crippen LogP contribution in [0, 0.1) is 0 Å². The summed E-state index contributed by atoms with van der Waals surface area (Å²) in [5, 5.41) is 7.37. The van der Waals surface area contributed by atoms with E-state index in [2.05, 4.69) is 30.4 Å². The molecule has 0 aromatic carbocycles. The summed E-state index contributed by atoms with van der Waals surface area (Å²) < 4.78 is 7.06. The van der Waals surface area contributed by atoms with Crippen molar-refractivity contribution in [2.24, 2.45) is 0 Å². The first-order chi connectivity index (χ1) is 10.2. The number of hydrogen-bond acceptors (Lipinski definition) is 7. The molecule has 0 aliphatic carbocycles. The zero-order valence-corrected chi connectivity index (χ0v) is 11.7. The third-order valence-corrected chi connectivity index (χ3v) is 2.63. The number of ether oxygens (including phenoxy) is 1. The zero-order chi connectivity index (χ0) is 14.7. The molecule has 106 valence electrons. The van der Waals surface area contributed by atoms with E-state index in [1.165, 1.54) is 17.1 Å². The molecule has 0 fully saturated rings. The summed E-state index contributed by atoms with van der Waals surface area (Å²) in [4.78, 5) is 16.4. The third kappa shape index (κ3) is 3.06. The molecule has 0 atom stereocenters. The van der Waals surface area contributed by atoms with Gasteiger partial charge in [0.25, 0.3) is 5.95 Å². The highest BCUT2D eigenvalue weighted by Crippen LogP contribution is 2.21. The molecule has 0 spiro atoms. The van der Waals surface area contributed by atoms with Crippen LogP contribution in [0.25, 0.3) is 5.95 Å². The average molecular weight is 304 g/mol. The molecule has 9 heteroatoms. The van der Waals surface area contributed by atoms with Crippen molar-refractivity contribution in [1.29, 1.82) is 0 Å². The van der Waals surface area contributed by atoms with E-state index < -0.39 is 0 Å². The van der Waals surface area contributed by atoms with Gasteiger partial charge in [-0.3, -0.25) is 4.98 Å². The predicted octanol–water partition coefficient (Wildman–Crippen LogP) is 1.94. The number of halogens is 1. The lowest BCUT2D eigenvalue weighted by Crippen LogP contribution is -2.08. The highest BCUT2D eigenvalue weighted by molar-refractivity contribution is 6.30. The summed E-state index contributed by atoms with van der Waals surface area (Å²) in [7, 11) is 1.70. The Morgan fingerprint density at radius 2 is 2.14 bits per heavy atom. The number of rotatable bonds is 4. The molecule has 3 aromatic rings. The first-order valence-electron chi connectivity index (χ1n) is 5.97. The number of aromatic nitrogens is 6. The third-order valence-electron chi connectivity index (χ3n) is 2.42. The summed E-state index contributed by atoms with van der Waals surface area (Å²) in [5.74, 6) is 1.13. The molecular weight excluding hydrogens is 294 g/mol. The molecule has 0 saturated carbocycles. The Labute approximate surface area is 124 Å². The molecule has 3 rings (SSSR count). The van der Waals surface area contributed by atoms with Gasteiger partial charge in [0.1, 0.15) is 0 Å². The Bertz CT molecular complexity index is 747. The number of nitrogens with one attached hydrogen (secondary N) is 1. The minimum atomic E-state index is 0.115. The monoisotopic (exact) mass is 303 g/mol. The largest absolute Gasteiger partial charge is 0.422 e. The molecule has 8 nitrogen and oxygen atoms in total. The second kappa shape index (κ2) is 5.71. The summed E-state index contributed by atoms with van der Waals surface area (Å²) in [5.41, 5.74) is 0. The van der Waals surface area contributed by atoms with Crippen LogP contribution in [-0.2, 0) is 0 Å². The number of pyridine rings is 1. The van der Waals surface area contributed by atoms with Crippen LogP contribution in [0.2, 0.25) is 5.02 Å². The normalized spacial score (nSPS) is 10.4. The standard InChI is InChI=1S/C12H10ClN7O/c1-14-10-17-11(20-4-2-3-16-20)19-12(18-10)21-9-5-8(13)6-15-7-9/h2-7H,1H3,(H,14,17,18,19). The highest BCUT2D eigenvalue weighted by Gasteiger charge is 2.10. The summed E-state index contributed by atoms with van der Waals surface area (Å²) in [6.45, 7) is 0. The van der Waals surface area contributed by atoms with E-state index in [1.807, 2.05) is 0 Å². The zero-order valence-electron chi connectivity index (χ0n) is 10.9. The van der Waals surface area contributed by atoms with Gasteiger partial charge in [-0.1, -0.05) is 11.6 Å². The first-order valence-corrected chi connectivity index (χ1v) is 6.34. The van der Waals surface area contributed by atoms with Crippen LogP contribution in [-0.4, -0.2) is 36.8 Å². The number of hydrogen-bond donors (Lipinski definition) is 1. The quantitative estimate of drug-likeness (QED) is 0.787. The van der Waals surface area contributed by atoms with E-state index in [1.54, 1.807) is 31.6 Å². The molecule has 0 aliphatic rings. The van der Waals surface area contributed by atoms with Gasteiger partial charge in [0.15, 0.2) is 5.75 Å². The Morgan fingerprint density at radius 1 is 1.24 bits per heavy atom. The molecule has 0 aliphatic heterocycles. The van der Waals surface area contributed by atoms with Gasteiger partial charge in [0, 0.05) is 31.7 Å². The van der Waals surface area contributed by atoms with Crippen LogP contribution < -0.4 is 10.1 Å². The van der Waals surface area contributed by atoms with E-state index in [9.17, 15) is 0 Å². The van der Waals surface area contributed by atoms with Gasteiger partial charge in [0.2, 0.25) is 5.95 Å². The molecule has 0 bridgehead atoms. The second-order valence-corrected chi connectivity index (χ2v) is 4.32. The summed E-state index contributed by atoms with van der Waals surface area (Å²) >= 11 is 5.86. The van der Waals surface area contributed by atoms with Crippen LogP contribution in [0.15, 0.2) is 36.9 Å². The topological polar surface area (TPSA) is 90.6 Å². The molecule has 0 unspecified atom stereocenters. The fourth-order valence-corrected chi connectivity index (χ4v) is 1.71. The van der Waals surface area contributed by atoms with Crippen molar-refractivity contribution in [2.75, 3.05) is 12.4 Å². The summed E-state index contributed by atoms with van der Waals surface area (Å²) in [6, 6.07) is 3.50. The van der Waals surface area contributed by atoms with Crippen LogP contribution in [0.1, 0.15) is 0 Å². The lowest BCUT2D eigenvalue weighted by molar-refractivity contribution is 0.436. The van der Waals surface area contributed by atoms with Crippen molar-refractivity contribution in [1.82, 2.24) is 29.7 Å². The van der Waals surface area contributed by atoms with Crippen molar-refractivity contribution in [3.05, 3.63) is 41.9 Å². The van der Waals surface area contributed by atoms with Gasteiger partial charge < -0.3 is 10.1 Å². The number of nitrogens with zero attached hydrogens (tertiary/aromatic N) is 6. The van der Waals surface area contributed by atoms with E-state index in [0.29, 0.717) is 22.7 Å². The lowest BCUT2D eigenvalue weighted by Gasteiger charge is -2.07. The van der Waals surface area contributed by atoms with Gasteiger partial charge in [-0.2, -0.15) is 20.1 Å². The fourth-order valence-electron chi connectivity index (χ4n) is 1.55. The first kappa shape index (κ1) is 13.3. The predicted molar refractivity (Wildman–Crippen MR) is 75.8 cm³/mol. The van der Waals surface area contributed by atoms with Crippen molar-refractivity contribution in [3.63, 3.8) is 0 Å². The smallest absolute Gasteiger partial charge is 0.328 e. The van der Waals surface area contributed by atoms with Gasteiger partial charge >= 0.3 is 6.01 Å². The Kier molecular flexibility index (Phi) is 3.61. The van der Waals surface area contributed by atoms with Gasteiger partial charge in [-0.25, -0.2) is 4.68 Å². The van der Waals surface area contributed by atoms with E-state index in [0.717, 1.165) is 0 Å². The van der Waals surface area contributed by atoms with E-state index in [4.69, 9.17) is 16.3 Å². The van der Waals surface area contributed by atoms with Gasteiger partial charge in [-0.05, 0) is 6.07 Å². The summed E-state index contributed by atoms with van der Waals surface area (Å²) in [6.07, 6.45) is 6.38. The maximum atomic E-state index is 5.86. The van der Waals surface area contributed by atoms with Crippen molar-refractivity contribution in [2.45, 2.75) is 0 Å². The Balaban J connectivity index is 1.96. The van der Waals surface area contributed by atoms with Crippen molar-refractivity contribution >= 4 is 17.5 Å². The molecule has 3 aromatic heterocycles. The fraction of sp³-hybridized carbons (Fsp3) is 0.0833. The van der Waals surface area contributed by atoms with Crippen LogP contribution in [0.5, 0.6) is 11.8 Å². The molecule has 0 amide bonds. The average Bonchev–Trinajstić information content (AvgIpc) is 3.01. The number of anilines is 1. The maximum absolute atomic E-state index is 5.86. The van der Waals surface area contributed by atoms with E-state index in [-0.39, 0.29) is 6.01 Å². The molecule has 21 heavy (non-hydrogen) atoms. The van der Waals surface area contributed by atoms with Crippen molar-refractivity contribution in [3.8, 4) is 17.7 Å². The minimum Gasteiger partial charge on any atom is -0.422 e. The van der Waals surface area contributed by atoms with Crippen molar-refractivity contribution < 1.29 is 4.74 Å². The van der Waals surface area contributed by atoms with Gasteiger partial charge in [-0.15, -0.1) is 0 Å². The lowest BCUT2D eigenvalue weighted by atomic mass is 10.5. The second-order valence-electron chi connectivity index (χ2n) is 3.88. The van der Waals surface area contributed by atoms with Gasteiger partial charge in [0.05, 0.1) is 11.2 Å². The highest BCUT2D eigenvalue weighted by atomic mass is 35.5. The van der Waals surface area contributed by atoms with Crippen LogP contribution in [0.3, 0.4) is 0 Å². The molecule has 0 radical (unpaired) electrons. The van der Waals surface area contributed by atoms with Crippen LogP contribution in [0.4, 0.5) is 5.95 Å². The minimum absolute atomic E-state index is 0.115. The maximum Gasteiger partial charge on any atom is 0.328 e. The molecular formula is C12H10ClN7O. The molecule has 3 heterocycles.